The van der Waals surface area contributed by atoms with E-state index in [1.165, 1.54) is 6.07 Å². The Hall–Kier alpha value is -3.19. The van der Waals surface area contributed by atoms with Crippen LogP contribution in [0.4, 0.5) is 10.1 Å². The molecule has 2 aromatic carbocycles. The third kappa shape index (κ3) is 6.15. The summed E-state index contributed by atoms with van der Waals surface area (Å²) in [5, 5.41) is 10.8. The molecule has 162 valence electrons. The summed E-state index contributed by atoms with van der Waals surface area (Å²) in [6, 6.07) is 11.4. The Morgan fingerprint density at radius 3 is 2.74 bits per heavy atom. The first kappa shape index (κ1) is 22.5. The van der Waals surface area contributed by atoms with E-state index in [9.17, 15) is 9.18 Å². The standard InChI is InChI=1S/C23H25ClFN5O/c1-4-10-30-14-18(16(3)29-30)13-26-23(27-20-7-5-6-19(24)12-20)28-22(31)17-9-8-15(2)21(25)11-17/h5-9,11-12,14H,4,10,13H2,1-3H3,(H2,26,27,28,31). The number of halogens is 2. The Morgan fingerprint density at radius 1 is 1.23 bits per heavy atom. The number of nitrogens with one attached hydrogen (secondary N) is 2. The fourth-order valence-corrected chi connectivity index (χ4v) is 3.14. The van der Waals surface area contributed by atoms with Gasteiger partial charge < -0.3 is 5.32 Å². The van der Waals surface area contributed by atoms with Crippen molar-refractivity contribution in [3.63, 3.8) is 0 Å². The Morgan fingerprint density at radius 2 is 2.03 bits per heavy atom. The summed E-state index contributed by atoms with van der Waals surface area (Å²) in [7, 11) is 0. The molecule has 2 N–H and O–H groups in total. The quantitative estimate of drug-likeness (QED) is 0.413. The van der Waals surface area contributed by atoms with Crippen LogP contribution >= 0.6 is 11.6 Å². The zero-order valence-electron chi connectivity index (χ0n) is 17.7. The van der Waals surface area contributed by atoms with E-state index < -0.39 is 11.7 Å². The monoisotopic (exact) mass is 441 g/mol. The van der Waals surface area contributed by atoms with Gasteiger partial charge in [-0.15, -0.1) is 0 Å². The molecule has 0 aliphatic carbocycles. The van der Waals surface area contributed by atoms with Crippen molar-refractivity contribution in [2.24, 2.45) is 4.99 Å². The molecule has 3 aromatic rings. The first-order chi connectivity index (χ1) is 14.9. The predicted molar refractivity (Wildman–Crippen MR) is 122 cm³/mol. The number of amides is 1. The van der Waals surface area contributed by atoms with E-state index in [1.807, 2.05) is 23.9 Å². The van der Waals surface area contributed by atoms with Crippen LogP contribution in [0.15, 0.2) is 53.7 Å². The van der Waals surface area contributed by atoms with Gasteiger partial charge in [0.1, 0.15) is 5.82 Å². The number of hydrogen-bond donors (Lipinski definition) is 2. The van der Waals surface area contributed by atoms with Crippen LogP contribution in [-0.4, -0.2) is 21.6 Å². The SMILES string of the molecule is CCCn1cc(CN=C(NC(=O)c2ccc(C)c(F)c2)Nc2cccc(Cl)c2)c(C)n1. The summed E-state index contributed by atoms with van der Waals surface area (Å²) in [5.74, 6) is -0.672. The highest BCUT2D eigenvalue weighted by atomic mass is 35.5. The molecule has 8 heteroatoms. The van der Waals surface area contributed by atoms with E-state index in [2.05, 4.69) is 27.6 Å². The van der Waals surface area contributed by atoms with E-state index in [0.29, 0.717) is 22.8 Å². The van der Waals surface area contributed by atoms with Gasteiger partial charge in [-0.25, -0.2) is 9.38 Å². The molecule has 3 rings (SSSR count). The number of guanidine groups is 1. The van der Waals surface area contributed by atoms with E-state index in [-0.39, 0.29) is 11.5 Å². The number of rotatable bonds is 6. The largest absolute Gasteiger partial charge is 0.326 e. The molecule has 0 bridgehead atoms. The van der Waals surface area contributed by atoms with Crippen molar-refractivity contribution >= 4 is 29.2 Å². The summed E-state index contributed by atoms with van der Waals surface area (Å²) < 4.78 is 15.8. The van der Waals surface area contributed by atoms with Crippen LogP contribution < -0.4 is 10.6 Å². The van der Waals surface area contributed by atoms with Crippen LogP contribution in [0.1, 0.15) is 40.5 Å². The van der Waals surface area contributed by atoms with Gasteiger partial charge in [0.25, 0.3) is 5.91 Å². The summed E-state index contributed by atoms with van der Waals surface area (Å²) >= 11 is 6.07. The fourth-order valence-electron chi connectivity index (χ4n) is 2.95. The van der Waals surface area contributed by atoms with Gasteiger partial charge in [-0.05, 0) is 56.2 Å². The molecule has 6 nitrogen and oxygen atoms in total. The second kappa shape index (κ2) is 10.2. The Balaban J connectivity index is 1.83. The van der Waals surface area contributed by atoms with E-state index in [1.54, 1.807) is 37.3 Å². The lowest BCUT2D eigenvalue weighted by molar-refractivity contribution is 0.0976. The molecule has 0 fully saturated rings. The van der Waals surface area contributed by atoms with Crippen LogP contribution in [-0.2, 0) is 13.1 Å². The molecule has 0 unspecified atom stereocenters. The Labute approximate surface area is 186 Å². The second-order valence-electron chi connectivity index (χ2n) is 7.22. The molecular formula is C23H25ClFN5O. The number of hydrogen-bond acceptors (Lipinski definition) is 3. The number of carbonyl (C=O) groups excluding carboxylic acids is 1. The fraction of sp³-hybridized carbons (Fsp3) is 0.261. The molecular weight excluding hydrogens is 417 g/mol. The molecule has 0 radical (unpaired) electrons. The molecule has 1 heterocycles. The number of benzene rings is 2. The third-order valence-corrected chi connectivity index (χ3v) is 4.90. The average molecular weight is 442 g/mol. The molecule has 0 saturated heterocycles. The van der Waals surface area contributed by atoms with E-state index in [0.717, 1.165) is 24.2 Å². The maximum absolute atomic E-state index is 13.9. The molecule has 1 amide bonds. The lowest BCUT2D eigenvalue weighted by atomic mass is 10.1. The van der Waals surface area contributed by atoms with Crippen LogP contribution in [0, 0.1) is 19.7 Å². The molecule has 0 spiro atoms. The summed E-state index contributed by atoms with van der Waals surface area (Å²) in [4.78, 5) is 17.2. The third-order valence-electron chi connectivity index (χ3n) is 4.66. The van der Waals surface area contributed by atoms with Crippen LogP contribution in [0.2, 0.25) is 5.02 Å². The van der Waals surface area contributed by atoms with Crippen molar-refractivity contribution < 1.29 is 9.18 Å². The summed E-state index contributed by atoms with van der Waals surface area (Å²) in [6.07, 6.45) is 2.94. The van der Waals surface area contributed by atoms with Crippen LogP contribution in [0.3, 0.4) is 0 Å². The molecule has 0 saturated carbocycles. The van der Waals surface area contributed by atoms with Gasteiger partial charge in [-0.2, -0.15) is 5.10 Å². The van der Waals surface area contributed by atoms with Gasteiger partial charge in [0.2, 0.25) is 5.96 Å². The average Bonchev–Trinajstić information content (AvgIpc) is 3.07. The molecule has 0 atom stereocenters. The van der Waals surface area contributed by atoms with Crippen molar-refractivity contribution in [2.75, 3.05) is 5.32 Å². The van der Waals surface area contributed by atoms with Gasteiger partial charge in [-0.3, -0.25) is 14.8 Å². The molecule has 0 aliphatic rings. The highest BCUT2D eigenvalue weighted by Gasteiger charge is 2.12. The lowest BCUT2D eigenvalue weighted by Gasteiger charge is -2.12. The first-order valence-corrected chi connectivity index (χ1v) is 10.4. The normalized spacial score (nSPS) is 11.5. The Kier molecular flexibility index (Phi) is 7.41. The van der Waals surface area contributed by atoms with Gasteiger partial charge >= 0.3 is 0 Å². The van der Waals surface area contributed by atoms with Gasteiger partial charge in [-0.1, -0.05) is 30.7 Å². The number of aliphatic imine (C=N–C) groups is 1. The minimum atomic E-state index is -0.467. The smallest absolute Gasteiger partial charge is 0.258 e. The van der Waals surface area contributed by atoms with Crippen LogP contribution in [0.5, 0.6) is 0 Å². The molecule has 0 aliphatic heterocycles. The van der Waals surface area contributed by atoms with Gasteiger partial charge in [0.05, 0.1) is 12.2 Å². The Bertz CT molecular complexity index is 1110. The predicted octanol–water partition coefficient (Wildman–Crippen LogP) is 5.10. The van der Waals surface area contributed by atoms with Gasteiger partial charge in [0.15, 0.2) is 0 Å². The first-order valence-electron chi connectivity index (χ1n) is 10.0. The zero-order chi connectivity index (χ0) is 22.4. The number of aryl methyl sites for hydroxylation is 3. The number of carbonyl (C=O) groups is 1. The van der Waals surface area contributed by atoms with E-state index in [4.69, 9.17) is 11.6 Å². The van der Waals surface area contributed by atoms with Crippen molar-refractivity contribution in [1.82, 2.24) is 15.1 Å². The number of nitrogens with zero attached hydrogens (tertiary/aromatic N) is 3. The van der Waals surface area contributed by atoms with Crippen LogP contribution in [0.25, 0.3) is 0 Å². The summed E-state index contributed by atoms with van der Waals surface area (Å²) in [6.45, 7) is 6.81. The van der Waals surface area contributed by atoms with Gasteiger partial charge in [0, 0.05) is 34.6 Å². The van der Waals surface area contributed by atoms with Crippen molar-refractivity contribution in [1.29, 1.82) is 0 Å². The summed E-state index contributed by atoms with van der Waals surface area (Å²) in [5.41, 5.74) is 3.18. The minimum Gasteiger partial charge on any atom is -0.326 e. The highest BCUT2D eigenvalue weighted by Crippen LogP contribution is 2.15. The lowest BCUT2D eigenvalue weighted by Crippen LogP contribution is -2.36. The highest BCUT2D eigenvalue weighted by molar-refractivity contribution is 6.31. The second-order valence-corrected chi connectivity index (χ2v) is 7.66. The number of anilines is 1. The number of aromatic nitrogens is 2. The molecule has 1 aromatic heterocycles. The molecule has 31 heavy (non-hydrogen) atoms. The minimum absolute atomic E-state index is 0.204. The maximum Gasteiger partial charge on any atom is 0.258 e. The maximum atomic E-state index is 13.9. The zero-order valence-corrected chi connectivity index (χ0v) is 18.5. The van der Waals surface area contributed by atoms with Crippen molar-refractivity contribution in [2.45, 2.75) is 40.3 Å². The van der Waals surface area contributed by atoms with E-state index >= 15 is 0 Å². The van der Waals surface area contributed by atoms with Crippen molar-refractivity contribution in [3.05, 3.63) is 81.9 Å². The van der Waals surface area contributed by atoms with Crippen molar-refractivity contribution in [3.8, 4) is 0 Å². The topological polar surface area (TPSA) is 71.3 Å².